The van der Waals surface area contributed by atoms with Crippen molar-refractivity contribution in [3.8, 4) is 0 Å². The molecule has 0 N–H and O–H groups in total. The van der Waals surface area contributed by atoms with Gasteiger partial charge in [-0.1, -0.05) is 6.08 Å². The van der Waals surface area contributed by atoms with Crippen LogP contribution in [0.25, 0.3) is 0 Å². The van der Waals surface area contributed by atoms with E-state index in [1.54, 1.807) is 7.11 Å². The van der Waals surface area contributed by atoms with Crippen LogP contribution in [0.4, 0.5) is 0 Å². The highest BCUT2D eigenvalue weighted by Gasteiger charge is 2.28. The number of aromatic nitrogens is 3. The molecule has 3 rings (SSSR count). The van der Waals surface area contributed by atoms with Crippen molar-refractivity contribution >= 4 is 0 Å². The topological polar surface area (TPSA) is 52.4 Å². The lowest BCUT2D eigenvalue weighted by molar-refractivity contribution is 0.125. The summed E-state index contributed by atoms with van der Waals surface area (Å²) in [4.78, 5) is 2.45. The number of methoxy groups -OCH3 is 1. The number of nitrogens with zero attached hydrogens (tertiary/aromatic N) is 4. The molecule has 0 radical (unpaired) electrons. The van der Waals surface area contributed by atoms with Crippen molar-refractivity contribution in [1.82, 2.24) is 19.7 Å². The van der Waals surface area contributed by atoms with Crippen LogP contribution in [0.5, 0.6) is 0 Å². The van der Waals surface area contributed by atoms with E-state index in [1.165, 1.54) is 5.57 Å². The molecule has 6 heteroatoms. The highest BCUT2D eigenvalue weighted by Crippen LogP contribution is 2.25. The fraction of sp³-hybridized carbons (Fsp3) is 0.714. The maximum Gasteiger partial charge on any atom is 0.159 e. The number of ether oxygens (including phenoxy) is 2. The van der Waals surface area contributed by atoms with Crippen LogP contribution in [0.3, 0.4) is 0 Å². The molecule has 1 atom stereocenters. The molecular formula is C14H22N4O2. The maximum atomic E-state index is 5.52. The summed E-state index contributed by atoms with van der Waals surface area (Å²) >= 11 is 0. The van der Waals surface area contributed by atoms with E-state index in [9.17, 15) is 0 Å². The molecule has 3 heterocycles. The normalized spacial score (nSPS) is 23.5. The van der Waals surface area contributed by atoms with Gasteiger partial charge in [0.1, 0.15) is 12.4 Å². The summed E-state index contributed by atoms with van der Waals surface area (Å²) in [5.74, 6) is 1.97. The van der Waals surface area contributed by atoms with Crippen LogP contribution in [-0.4, -0.2) is 53.1 Å². The quantitative estimate of drug-likeness (QED) is 0.773. The zero-order valence-electron chi connectivity index (χ0n) is 12.2. The molecular weight excluding hydrogens is 256 g/mol. The van der Waals surface area contributed by atoms with Gasteiger partial charge >= 0.3 is 0 Å². The summed E-state index contributed by atoms with van der Waals surface area (Å²) in [7, 11) is 1.69. The van der Waals surface area contributed by atoms with Crippen LogP contribution in [0.15, 0.2) is 11.6 Å². The predicted molar refractivity (Wildman–Crippen MR) is 74.2 cm³/mol. The Morgan fingerprint density at radius 1 is 1.40 bits per heavy atom. The van der Waals surface area contributed by atoms with E-state index in [4.69, 9.17) is 9.47 Å². The molecule has 0 unspecified atom stereocenters. The van der Waals surface area contributed by atoms with Gasteiger partial charge in [-0.15, -0.1) is 10.2 Å². The largest absolute Gasteiger partial charge is 0.377 e. The molecule has 0 fully saturated rings. The van der Waals surface area contributed by atoms with Gasteiger partial charge in [0.2, 0.25) is 0 Å². The lowest BCUT2D eigenvalue weighted by Gasteiger charge is -2.34. The first-order valence-electron chi connectivity index (χ1n) is 7.20. The van der Waals surface area contributed by atoms with Crippen LogP contribution in [-0.2, 0) is 22.6 Å². The smallest absolute Gasteiger partial charge is 0.159 e. The fourth-order valence-corrected chi connectivity index (χ4v) is 2.92. The first kappa shape index (κ1) is 13.7. The molecule has 2 aliphatic rings. The predicted octanol–water partition coefficient (Wildman–Crippen LogP) is 1.15. The van der Waals surface area contributed by atoms with E-state index in [1.807, 2.05) is 0 Å². The van der Waals surface area contributed by atoms with Gasteiger partial charge in [0.15, 0.2) is 5.82 Å². The van der Waals surface area contributed by atoms with Gasteiger partial charge in [-0.2, -0.15) is 0 Å². The Kier molecular flexibility index (Phi) is 4.14. The third kappa shape index (κ3) is 2.63. The second-order valence-corrected chi connectivity index (χ2v) is 5.41. The van der Waals surface area contributed by atoms with Gasteiger partial charge in [0.25, 0.3) is 0 Å². The summed E-state index contributed by atoms with van der Waals surface area (Å²) in [6.07, 6.45) is 3.34. The number of hydrogen-bond acceptors (Lipinski definition) is 5. The summed E-state index contributed by atoms with van der Waals surface area (Å²) < 4.78 is 12.9. The summed E-state index contributed by atoms with van der Waals surface area (Å²) in [6, 6.07) is 0.282. The van der Waals surface area contributed by atoms with Crippen LogP contribution < -0.4 is 0 Å². The highest BCUT2D eigenvalue weighted by atomic mass is 16.5. The molecule has 20 heavy (non-hydrogen) atoms. The highest BCUT2D eigenvalue weighted by molar-refractivity contribution is 5.11. The SMILES string of the molecule is COCc1nnc2n1CCN(CC1=CCCOC1)[C@@H]2C. The summed E-state index contributed by atoms with van der Waals surface area (Å²) in [5, 5.41) is 8.58. The minimum atomic E-state index is 0.282. The molecule has 0 aliphatic carbocycles. The van der Waals surface area contributed by atoms with E-state index in [0.29, 0.717) is 6.61 Å². The van der Waals surface area contributed by atoms with Crippen molar-refractivity contribution in [3.63, 3.8) is 0 Å². The monoisotopic (exact) mass is 278 g/mol. The molecule has 1 aromatic rings. The van der Waals surface area contributed by atoms with Crippen molar-refractivity contribution in [1.29, 1.82) is 0 Å². The second kappa shape index (κ2) is 6.03. The Balaban J connectivity index is 1.72. The lowest BCUT2D eigenvalue weighted by atomic mass is 10.1. The molecule has 6 nitrogen and oxygen atoms in total. The van der Waals surface area contributed by atoms with Gasteiger partial charge in [-0.3, -0.25) is 4.90 Å². The van der Waals surface area contributed by atoms with Crippen molar-refractivity contribution in [2.24, 2.45) is 0 Å². The van der Waals surface area contributed by atoms with Gasteiger partial charge in [0.05, 0.1) is 19.3 Å². The van der Waals surface area contributed by atoms with Crippen LogP contribution in [0.2, 0.25) is 0 Å². The molecule has 0 aromatic carbocycles. The van der Waals surface area contributed by atoms with Gasteiger partial charge < -0.3 is 14.0 Å². The fourth-order valence-electron chi connectivity index (χ4n) is 2.92. The second-order valence-electron chi connectivity index (χ2n) is 5.41. The van der Waals surface area contributed by atoms with Crippen LogP contribution in [0.1, 0.15) is 31.0 Å². The van der Waals surface area contributed by atoms with Crippen LogP contribution in [0, 0.1) is 0 Å². The Morgan fingerprint density at radius 3 is 3.05 bits per heavy atom. The summed E-state index contributed by atoms with van der Waals surface area (Å²) in [6.45, 7) is 7.26. The Hall–Kier alpha value is -1.24. The molecule has 0 saturated heterocycles. The molecule has 110 valence electrons. The van der Waals surface area contributed by atoms with Crippen molar-refractivity contribution in [3.05, 3.63) is 23.3 Å². The standard InChI is InChI=1S/C14H22N4O2/c1-11-14-16-15-13(10-19-2)18(14)6-5-17(11)8-12-4-3-7-20-9-12/h4,11H,3,5-10H2,1-2H3/t11-/m1/s1. The van der Waals surface area contributed by atoms with Gasteiger partial charge in [-0.25, -0.2) is 0 Å². The van der Waals surface area contributed by atoms with E-state index in [2.05, 4.69) is 32.7 Å². The van der Waals surface area contributed by atoms with Crippen molar-refractivity contribution in [2.75, 3.05) is 33.4 Å². The van der Waals surface area contributed by atoms with Crippen molar-refractivity contribution < 1.29 is 9.47 Å². The van der Waals surface area contributed by atoms with Gasteiger partial charge in [-0.05, 0) is 18.9 Å². The van der Waals surface area contributed by atoms with E-state index < -0.39 is 0 Å². The first-order valence-corrected chi connectivity index (χ1v) is 7.20. The third-order valence-corrected chi connectivity index (χ3v) is 4.05. The van der Waals surface area contributed by atoms with E-state index in [0.717, 1.165) is 50.9 Å². The molecule has 0 saturated carbocycles. The molecule has 2 aliphatic heterocycles. The minimum Gasteiger partial charge on any atom is -0.377 e. The molecule has 0 bridgehead atoms. The van der Waals surface area contributed by atoms with Crippen molar-refractivity contribution in [2.45, 2.75) is 32.5 Å². The van der Waals surface area contributed by atoms with E-state index >= 15 is 0 Å². The average molecular weight is 278 g/mol. The maximum absolute atomic E-state index is 5.52. The Morgan fingerprint density at radius 2 is 2.30 bits per heavy atom. The number of fused-ring (bicyclic) bond motifs is 1. The Labute approximate surface area is 119 Å². The van der Waals surface area contributed by atoms with Gasteiger partial charge in [0, 0.05) is 26.7 Å². The summed E-state index contributed by atoms with van der Waals surface area (Å²) in [5.41, 5.74) is 1.38. The zero-order chi connectivity index (χ0) is 13.9. The third-order valence-electron chi connectivity index (χ3n) is 4.05. The molecule has 1 aromatic heterocycles. The number of hydrogen-bond donors (Lipinski definition) is 0. The Bertz CT molecular complexity index is 497. The van der Waals surface area contributed by atoms with Crippen LogP contribution >= 0.6 is 0 Å². The average Bonchev–Trinajstić information content (AvgIpc) is 2.88. The number of rotatable bonds is 4. The lowest BCUT2D eigenvalue weighted by Crippen LogP contribution is -2.39. The zero-order valence-corrected chi connectivity index (χ0v) is 12.2. The molecule has 0 amide bonds. The molecule has 0 spiro atoms. The first-order chi connectivity index (χ1) is 9.79. The minimum absolute atomic E-state index is 0.282. The van der Waals surface area contributed by atoms with E-state index in [-0.39, 0.29) is 6.04 Å².